The first kappa shape index (κ1) is 17.2. The third-order valence-corrected chi connectivity index (χ3v) is 5.41. The average Bonchev–Trinajstić information content (AvgIpc) is 2.54. The molecule has 24 heavy (non-hydrogen) atoms. The molecule has 1 aliphatic carbocycles. The minimum atomic E-state index is -0.519. The normalized spacial score (nSPS) is 21.9. The minimum Gasteiger partial charge on any atom is -0.490 e. The summed E-state index contributed by atoms with van der Waals surface area (Å²) in [5, 5.41) is 0.865. The zero-order chi connectivity index (χ0) is 17.3. The maximum atomic E-state index is 13.7. The Balaban J connectivity index is 1.77. The Morgan fingerprint density at radius 2 is 1.79 bits per heavy atom. The van der Waals surface area contributed by atoms with E-state index >= 15 is 0 Å². The smallest absolute Gasteiger partial charge is 0.126 e. The first-order valence-electron chi connectivity index (χ1n) is 9.00. The number of pyridine rings is 1. The average molecular weight is 329 g/mol. The van der Waals surface area contributed by atoms with Gasteiger partial charge in [0.1, 0.15) is 12.4 Å². The van der Waals surface area contributed by atoms with Crippen molar-refractivity contribution in [2.24, 2.45) is 11.3 Å². The van der Waals surface area contributed by atoms with Gasteiger partial charge < -0.3 is 4.74 Å². The molecule has 0 aliphatic heterocycles. The lowest BCUT2D eigenvalue weighted by Gasteiger charge is -2.37. The van der Waals surface area contributed by atoms with Crippen LogP contribution in [0.5, 0.6) is 5.75 Å². The van der Waals surface area contributed by atoms with E-state index in [4.69, 9.17) is 4.74 Å². The van der Waals surface area contributed by atoms with Crippen molar-refractivity contribution in [1.29, 1.82) is 0 Å². The van der Waals surface area contributed by atoms with E-state index in [-0.39, 0.29) is 6.10 Å². The molecular formula is C21H28FNO. The quantitative estimate of drug-likeness (QED) is 0.689. The Morgan fingerprint density at radius 1 is 1.08 bits per heavy atom. The minimum absolute atomic E-state index is 0.199. The number of aromatic nitrogens is 1. The van der Waals surface area contributed by atoms with E-state index in [0.717, 1.165) is 35.4 Å². The molecule has 130 valence electrons. The number of aryl methyl sites for hydroxylation is 1. The lowest BCUT2D eigenvalue weighted by molar-refractivity contribution is 0.0873. The molecule has 1 aliphatic rings. The van der Waals surface area contributed by atoms with Crippen LogP contribution in [0.3, 0.4) is 0 Å². The van der Waals surface area contributed by atoms with Gasteiger partial charge in [-0.1, -0.05) is 26.8 Å². The molecule has 0 atom stereocenters. The van der Waals surface area contributed by atoms with E-state index in [1.807, 2.05) is 31.2 Å². The summed E-state index contributed by atoms with van der Waals surface area (Å²) in [4.78, 5) is 4.49. The van der Waals surface area contributed by atoms with Crippen molar-refractivity contribution in [3.8, 4) is 5.75 Å². The predicted octanol–water partition coefficient (Wildman–Crippen LogP) is 6.00. The number of hydrogen-bond acceptors (Lipinski definition) is 2. The van der Waals surface area contributed by atoms with Crippen molar-refractivity contribution in [3.63, 3.8) is 0 Å². The van der Waals surface area contributed by atoms with E-state index in [9.17, 15) is 4.39 Å². The van der Waals surface area contributed by atoms with Crippen LogP contribution < -0.4 is 4.74 Å². The molecule has 2 aromatic rings. The maximum Gasteiger partial charge on any atom is 0.126 e. The van der Waals surface area contributed by atoms with Crippen LogP contribution >= 0.6 is 0 Å². The monoisotopic (exact) mass is 329 g/mol. The summed E-state index contributed by atoms with van der Waals surface area (Å²) >= 11 is 0. The number of alkyl halides is 1. The molecule has 0 spiro atoms. The third kappa shape index (κ3) is 3.55. The second kappa shape index (κ2) is 6.70. The third-order valence-electron chi connectivity index (χ3n) is 5.41. The summed E-state index contributed by atoms with van der Waals surface area (Å²) < 4.78 is 19.9. The van der Waals surface area contributed by atoms with E-state index in [1.165, 1.54) is 12.8 Å². The van der Waals surface area contributed by atoms with Crippen LogP contribution in [0.15, 0.2) is 24.3 Å². The molecule has 0 amide bonds. The van der Waals surface area contributed by atoms with Crippen LogP contribution in [-0.2, 0) is 6.67 Å². The number of benzene rings is 1. The summed E-state index contributed by atoms with van der Waals surface area (Å²) in [7, 11) is 0. The van der Waals surface area contributed by atoms with Gasteiger partial charge in [-0.2, -0.15) is 0 Å². The fourth-order valence-electron chi connectivity index (χ4n) is 3.82. The Hall–Kier alpha value is -1.64. The fraction of sp³-hybridized carbons (Fsp3) is 0.571. The van der Waals surface area contributed by atoms with Crippen molar-refractivity contribution in [3.05, 3.63) is 35.5 Å². The second-order valence-electron chi connectivity index (χ2n) is 8.15. The zero-order valence-electron chi connectivity index (χ0n) is 15.2. The van der Waals surface area contributed by atoms with Gasteiger partial charge in [0.2, 0.25) is 0 Å². The van der Waals surface area contributed by atoms with Gasteiger partial charge in [0, 0.05) is 16.6 Å². The fourth-order valence-corrected chi connectivity index (χ4v) is 3.82. The van der Waals surface area contributed by atoms with Gasteiger partial charge in [0.25, 0.3) is 0 Å². The molecule has 0 bridgehead atoms. The van der Waals surface area contributed by atoms with Crippen molar-refractivity contribution in [2.75, 3.05) is 0 Å². The first-order valence-corrected chi connectivity index (χ1v) is 9.00. The molecule has 3 heteroatoms. The Bertz CT molecular complexity index is 712. The van der Waals surface area contributed by atoms with E-state index in [2.05, 4.69) is 25.8 Å². The molecule has 0 saturated heterocycles. The van der Waals surface area contributed by atoms with Gasteiger partial charge in [0.15, 0.2) is 0 Å². The molecule has 1 fully saturated rings. The summed E-state index contributed by atoms with van der Waals surface area (Å²) in [6.07, 6.45) is 4.68. The number of ether oxygens (including phenoxy) is 1. The van der Waals surface area contributed by atoms with Gasteiger partial charge in [0.05, 0.1) is 11.6 Å². The second-order valence-corrected chi connectivity index (χ2v) is 8.15. The van der Waals surface area contributed by atoms with Gasteiger partial charge in [-0.05, 0) is 62.1 Å². The number of nitrogens with zero attached hydrogens (tertiary/aromatic N) is 1. The molecule has 1 saturated carbocycles. The molecule has 0 radical (unpaired) electrons. The summed E-state index contributed by atoms with van der Waals surface area (Å²) in [6, 6.07) is 7.72. The molecule has 0 unspecified atom stereocenters. The predicted molar refractivity (Wildman–Crippen MR) is 97.1 cm³/mol. The van der Waals surface area contributed by atoms with Crippen molar-refractivity contribution >= 4 is 10.9 Å². The SMILES string of the molecule is Cc1ccc2c(CF)c(O[C@H]3CC[C@H](C(C)(C)C)CC3)ccc2n1. The van der Waals surface area contributed by atoms with Crippen LogP contribution in [0.2, 0.25) is 0 Å². The number of hydrogen-bond donors (Lipinski definition) is 0. The van der Waals surface area contributed by atoms with Crippen LogP contribution in [0, 0.1) is 18.3 Å². The van der Waals surface area contributed by atoms with Crippen LogP contribution in [-0.4, -0.2) is 11.1 Å². The van der Waals surface area contributed by atoms with Crippen molar-refractivity contribution in [2.45, 2.75) is 66.2 Å². The lowest BCUT2D eigenvalue weighted by Crippen LogP contribution is -2.30. The van der Waals surface area contributed by atoms with Gasteiger partial charge >= 0.3 is 0 Å². The highest BCUT2D eigenvalue weighted by molar-refractivity contribution is 5.84. The molecule has 1 aromatic heterocycles. The lowest BCUT2D eigenvalue weighted by atomic mass is 9.72. The zero-order valence-corrected chi connectivity index (χ0v) is 15.2. The summed E-state index contributed by atoms with van der Waals surface area (Å²) in [5.74, 6) is 1.44. The molecule has 0 N–H and O–H groups in total. The number of rotatable bonds is 3. The molecule has 1 aromatic carbocycles. The van der Waals surface area contributed by atoms with Crippen molar-refractivity contribution < 1.29 is 9.13 Å². The first-order chi connectivity index (χ1) is 11.4. The topological polar surface area (TPSA) is 22.1 Å². The van der Waals surface area contributed by atoms with Gasteiger partial charge in [-0.3, -0.25) is 4.98 Å². The Labute approximate surface area is 144 Å². The van der Waals surface area contributed by atoms with E-state index in [0.29, 0.717) is 16.7 Å². The highest BCUT2D eigenvalue weighted by Crippen LogP contribution is 2.39. The van der Waals surface area contributed by atoms with E-state index < -0.39 is 6.67 Å². The largest absolute Gasteiger partial charge is 0.490 e. The van der Waals surface area contributed by atoms with Gasteiger partial charge in [-0.15, -0.1) is 0 Å². The standard InChI is InChI=1S/C21H28FNO/c1-14-5-10-17-18(13-22)20(12-11-19(17)23-14)24-16-8-6-15(7-9-16)21(2,3)4/h5,10-12,15-16H,6-9,13H2,1-4H3/t15-,16-. The summed E-state index contributed by atoms with van der Waals surface area (Å²) in [6.45, 7) is 8.39. The van der Waals surface area contributed by atoms with Crippen molar-refractivity contribution in [1.82, 2.24) is 4.98 Å². The molecule has 2 nitrogen and oxygen atoms in total. The maximum absolute atomic E-state index is 13.7. The van der Waals surface area contributed by atoms with Crippen LogP contribution in [0.4, 0.5) is 4.39 Å². The highest BCUT2D eigenvalue weighted by atomic mass is 19.1. The van der Waals surface area contributed by atoms with Crippen LogP contribution in [0.25, 0.3) is 10.9 Å². The highest BCUT2D eigenvalue weighted by Gasteiger charge is 2.30. The number of fused-ring (bicyclic) bond motifs is 1. The molecular weight excluding hydrogens is 301 g/mol. The number of halogens is 1. The van der Waals surface area contributed by atoms with Crippen LogP contribution in [0.1, 0.15) is 57.7 Å². The molecule has 1 heterocycles. The Morgan fingerprint density at radius 3 is 2.42 bits per heavy atom. The Kier molecular flexibility index (Phi) is 4.80. The molecule has 3 rings (SSSR count). The van der Waals surface area contributed by atoms with Gasteiger partial charge in [-0.25, -0.2) is 4.39 Å². The summed E-state index contributed by atoms with van der Waals surface area (Å²) in [5.41, 5.74) is 2.78. The van der Waals surface area contributed by atoms with E-state index in [1.54, 1.807) is 0 Å².